The topological polar surface area (TPSA) is 67.4 Å². The number of amides is 1. The maximum Gasteiger partial charge on any atom is 0.289 e. The van der Waals surface area contributed by atoms with Gasteiger partial charge in [-0.05, 0) is 18.6 Å². The molecule has 0 bridgehead atoms. The van der Waals surface area contributed by atoms with E-state index in [0.29, 0.717) is 23.3 Å². The lowest BCUT2D eigenvalue weighted by Gasteiger charge is -2.20. The number of nitrogens with zero attached hydrogens (tertiary/aromatic N) is 3. The summed E-state index contributed by atoms with van der Waals surface area (Å²) in [7, 11) is 1.75. The van der Waals surface area contributed by atoms with Crippen LogP contribution < -0.4 is 15.0 Å². The smallest absolute Gasteiger partial charge is 0.289 e. The second kappa shape index (κ2) is 5.46. The standard InChI is InChI=1S/C13H14N4O2S/c1-14-13-16-15-11(20-13)12(18)17-7-4-8-19-10-6-3-2-5-9(10)17/h2-3,5-6H,4,7-8H2,1H3,(H,14,16). The molecule has 1 amide bonds. The van der Waals surface area contributed by atoms with E-state index in [1.54, 1.807) is 11.9 Å². The number of hydrogen-bond donors (Lipinski definition) is 1. The van der Waals surface area contributed by atoms with Gasteiger partial charge in [-0.25, -0.2) is 0 Å². The van der Waals surface area contributed by atoms with Gasteiger partial charge in [0, 0.05) is 13.6 Å². The minimum Gasteiger partial charge on any atom is -0.491 e. The Kier molecular flexibility index (Phi) is 3.51. The lowest BCUT2D eigenvalue weighted by atomic mass is 10.2. The number of carbonyl (C=O) groups is 1. The van der Waals surface area contributed by atoms with Crippen molar-refractivity contribution in [3.63, 3.8) is 0 Å². The van der Waals surface area contributed by atoms with Gasteiger partial charge >= 0.3 is 0 Å². The molecule has 0 atom stereocenters. The monoisotopic (exact) mass is 290 g/mol. The summed E-state index contributed by atoms with van der Waals surface area (Å²) < 4.78 is 5.65. The number of ether oxygens (including phenoxy) is 1. The number of rotatable bonds is 2. The molecule has 6 nitrogen and oxygen atoms in total. The Morgan fingerprint density at radius 3 is 3.05 bits per heavy atom. The van der Waals surface area contributed by atoms with Gasteiger partial charge in [-0.3, -0.25) is 4.79 Å². The molecule has 20 heavy (non-hydrogen) atoms. The normalized spacial score (nSPS) is 14.2. The second-order valence-corrected chi connectivity index (χ2v) is 5.27. The van der Waals surface area contributed by atoms with Crippen LogP contribution in [0.25, 0.3) is 0 Å². The number of nitrogens with one attached hydrogen (secondary N) is 1. The molecule has 2 aromatic rings. The van der Waals surface area contributed by atoms with Gasteiger partial charge in [0.25, 0.3) is 5.91 Å². The Labute approximate surface area is 120 Å². The van der Waals surface area contributed by atoms with Crippen LogP contribution in [0.4, 0.5) is 10.8 Å². The van der Waals surface area contributed by atoms with Crippen molar-refractivity contribution < 1.29 is 9.53 Å². The van der Waals surface area contributed by atoms with Crippen LogP contribution in [0.1, 0.15) is 16.2 Å². The van der Waals surface area contributed by atoms with Crippen LogP contribution >= 0.6 is 11.3 Å². The summed E-state index contributed by atoms with van der Waals surface area (Å²) in [5.41, 5.74) is 0.788. The number of para-hydroxylation sites is 2. The highest BCUT2D eigenvalue weighted by atomic mass is 32.1. The van der Waals surface area contributed by atoms with Crippen molar-refractivity contribution in [1.29, 1.82) is 0 Å². The van der Waals surface area contributed by atoms with Gasteiger partial charge in [0.2, 0.25) is 10.1 Å². The van der Waals surface area contributed by atoms with Gasteiger partial charge in [0.1, 0.15) is 5.75 Å². The first-order chi connectivity index (χ1) is 9.79. The maximum atomic E-state index is 12.6. The van der Waals surface area contributed by atoms with Crippen LogP contribution in [-0.2, 0) is 0 Å². The highest BCUT2D eigenvalue weighted by molar-refractivity contribution is 7.17. The predicted octanol–water partition coefficient (Wildman–Crippen LogP) is 2.01. The van der Waals surface area contributed by atoms with Crippen molar-refractivity contribution in [1.82, 2.24) is 10.2 Å². The zero-order valence-electron chi connectivity index (χ0n) is 11.0. The number of carbonyl (C=O) groups excluding carboxylic acids is 1. The van der Waals surface area contributed by atoms with E-state index in [1.165, 1.54) is 11.3 Å². The molecule has 7 heteroatoms. The fourth-order valence-corrected chi connectivity index (χ4v) is 2.71. The van der Waals surface area contributed by atoms with Gasteiger partial charge in [-0.15, -0.1) is 10.2 Å². The highest BCUT2D eigenvalue weighted by Gasteiger charge is 2.25. The summed E-state index contributed by atoms with van der Waals surface area (Å²) >= 11 is 1.25. The van der Waals surface area contributed by atoms with E-state index in [1.807, 2.05) is 24.3 Å². The number of benzene rings is 1. The zero-order chi connectivity index (χ0) is 13.9. The summed E-state index contributed by atoms with van der Waals surface area (Å²) in [6, 6.07) is 7.56. The van der Waals surface area contributed by atoms with Crippen molar-refractivity contribution in [2.24, 2.45) is 0 Å². The molecular formula is C13H14N4O2S. The average molecular weight is 290 g/mol. The summed E-state index contributed by atoms with van der Waals surface area (Å²) in [5.74, 6) is 0.596. The number of anilines is 2. The first-order valence-corrected chi connectivity index (χ1v) is 7.16. The molecule has 0 saturated heterocycles. The third kappa shape index (κ3) is 2.32. The van der Waals surface area contributed by atoms with Gasteiger partial charge in [0.15, 0.2) is 0 Å². The Hall–Kier alpha value is -2.15. The van der Waals surface area contributed by atoms with Crippen molar-refractivity contribution in [3.05, 3.63) is 29.3 Å². The summed E-state index contributed by atoms with van der Waals surface area (Å²) in [6.45, 7) is 1.23. The lowest BCUT2D eigenvalue weighted by molar-refractivity contribution is 0.0986. The second-order valence-electron chi connectivity index (χ2n) is 4.29. The van der Waals surface area contributed by atoms with Crippen LogP contribution in [0, 0.1) is 0 Å². The van der Waals surface area contributed by atoms with Gasteiger partial charge in [-0.1, -0.05) is 23.5 Å². The van der Waals surface area contributed by atoms with Crippen molar-refractivity contribution in [3.8, 4) is 5.75 Å². The largest absolute Gasteiger partial charge is 0.491 e. The number of hydrogen-bond acceptors (Lipinski definition) is 6. The maximum absolute atomic E-state index is 12.6. The zero-order valence-corrected chi connectivity index (χ0v) is 11.8. The average Bonchev–Trinajstić information content (AvgIpc) is 2.86. The third-order valence-electron chi connectivity index (χ3n) is 3.01. The van der Waals surface area contributed by atoms with Crippen LogP contribution in [-0.4, -0.2) is 36.3 Å². The van der Waals surface area contributed by atoms with Gasteiger partial charge in [-0.2, -0.15) is 0 Å². The molecule has 0 radical (unpaired) electrons. The molecule has 1 N–H and O–H groups in total. The highest BCUT2D eigenvalue weighted by Crippen LogP contribution is 2.32. The van der Waals surface area contributed by atoms with Crippen molar-refractivity contribution in [2.45, 2.75) is 6.42 Å². The summed E-state index contributed by atoms with van der Waals surface area (Å²) in [4.78, 5) is 14.3. The molecule has 1 aromatic carbocycles. The van der Waals surface area contributed by atoms with E-state index in [-0.39, 0.29) is 5.91 Å². The molecule has 0 saturated carbocycles. The van der Waals surface area contributed by atoms with E-state index in [0.717, 1.165) is 17.9 Å². The molecule has 1 aliphatic rings. The molecule has 0 spiro atoms. The molecule has 0 unspecified atom stereocenters. The Morgan fingerprint density at radius 1 is 1.40 bits per heavy atom. The predicted molar refractivity (Wildman–Crippen MR) is 77.7 cm³/mol. The van der Waals surface area contributed by atoms with Crippen LogP contribution in [0.2, 0.25) is 0 Å². The Morgan fingerprint density at radius 2 is 2.25 bits per heavy atom. The molecule has 2 heterocycles. The minimum absolute atomic E-state index is 0.137. The SMILES string of the molecule is CNc1nnc(C(=O)N2CCCOc3ccccc32)s1. The Balaban J connectivity index is 1.94. The molecule has 1 aromatic heterocycles. The summed E-state index contributed by atoms with van der Waals surface area (Å²) in [6.07, 6.45) is 0.790. The Bertz CT molecular complexity index is 628. The van der Waals surface area contributed by atoms with E-state index in [9.17, 15) is 4.79 Å². The first kappa shape index (κ1) is 12.9. The van der Waals surface area contributed by atoms with E-state index >= 15 is 0 Å². The van der Waals surface area contributed by atoms with Crippen molar-refractivity contribution in [2.75, 3.05) is 30.4 Å². The van der Waals surface area contributed by atoms with E-state index < -0.39 is 0 Å². The third-order valence-corrected chi connectivity index (χ3v) is 3.94. The number of aromatic nitrogens is 2. The quantitative estimate of drug-likeness (QED) is 0.916. The fraction of sp³-hybridized carbons (Fsp3) is 0.308. The number of fused-ring (bicyclic) bond motifs is 1. The summed E-state index contributed by atoms with van der Waals surface area (Å²) in [5, 5.41) is 11.7. The molecule has 1 aliphatic heterocycles. The molecule has 104 valence electrons. The van der Waals surface area contributed by atoms with Crippen molar-refractivity contribution >= 4 is 28.1 Å². The minimum atomic E-state index is -0.137. The van der Waals surface area contributed by atoms with Crippen LogP contribution in [0.5, 0.6) is 5.75 Å². The lowest BCUT2D eigenvalue weighted by Crippen LogP contribution is -2.31. The fourth-order valence-electron chi connectivity index (χ4n) is 2.06. The molecule has 0 fully saturated rings. The molecule has 0 aliphatic carbocycles. The molecular weight excluding hydrogens is 276 g/mol. The van der Waals surface area contributed by atoms with E-state index in [4.69, 9.17) is 4.74 Å². The molecule has 3 rings (SSSR count). The van der Waals surface area contributed by atoms with Crippen LogP contribution in [0.3, 0.4) is 0 Å². The van der Waals surface area contributed by atoms with Gasteiger partial charge in [0.05, 0.1) is 12.3 Å². The van der Waals surface area contributed by atoms with Crippen LogP contribution in [0.15, 0.2) is 24.3 Å². The van der Waals surface area contributed by atoms with Gasteiger partial charge < -0.3 is 15.0 Å². The van der Waals surface area contributed by atoms with E-state index in [2.05, 4.69) is 15.5 Å². The first-order valence-electron chi connectivity index (χ1n) is 6.34.